The highest BCUT2D eigenvalue weighted by molar-refractivity contribution is 6.12. The van der Waals surface area contributed by atoms with Gasteiger partial charge in [-0.05, 0) is 72.5 Å². The average molecular weight is 362 g/mol. The Hall–Kier alpha value is -3.14. The first-order valence-electron chi connectivity index (χ1n) is 8.69. The maximum atomic E-state index is 13.2. The molecular weight excluding hydrogens is 340 g/mol. The second kappa shape index (κ2) is 7.23. The van der Waals surface area contributed by atoms with Crippen molar-refractivity contribution in [3.05, 3.63) is 75.8 Å². The highest BCUT2D eigenvalue weighted by Crippen LogP contribution is 2.30. The van der Waals surface area contributed by atoms with Crippen LogP contribution in [0.2, 0.25) is 0 Å². The molecule has 3 aromatic carbocycles. The molecule has 4 heteroatoms. The third-order valence-corrected chi connectivity index (χ3v) is 5.02. The molecule has 0 saturated carbocycles. The van der Waals surface area contributed by atoms with Crippen LogP contribution in [0.4, 0.5) is 0 Å². The van der Waals surface area contributed by atoms with E-state index in [2.05, 4.69) is 0 Å². The standard InChI is InChI=1S/C23H22O4/c1-13-10-20(26-4)14(2)15(3)21(13)22(24)18-8-6-17-12-19(23(25)27-5)9-7-16(17)11-18/h6-12H,1-5H3. The van der Waals surface area contributed by atoms with Gasteiger partial charge in [0.1, 0.15) is 5.75 Å². The monoisotopic (exact) mass is 362 g/mol. The molecule has 0 N–H and O–H groups in total. The maximum absolute atomic E-state index is 13.2. The van der Waals surface area contributed by atoms with Crippen LogP contribution in [0.1, 0.15) is 43.0 Å². The quantitative estimate of drug-likeness (QED) is 0.494. The summed E-state index contributed by atoms with van der Waals surface area (Å²) in [4.78, 5) is 24.9. The van der Waals surface area contributed by atoms with E-state index >= 15 is 0 Å². The minimum absolute atomic E-state index is 0.0188. The molecule has 4 nitrogen and oxygen atoms in total. The molecule has 0 aliphatic carbocycles. The van der Waals surface area contributed by atoms with Crippen LogP contribution in [0.25, 0.3) is 10.8 Å². The molecule has 3 rings (SSSR count). The lowest BCUT2D eigenvalue weighted by molar-refractivity contribution is 0.0600. The van der Waals surface area contributed by atoms with E-state index in [0.717, 1.165) is 33.2 Å². The summed E-state index contributed by atoms with van der Waals surface area (Å²) < 4.78 is 10.2. The van der Waals surface area contributed by atoms with Crippen LogP contribution in [0.15, 0.2) is 42.5 Å². The van der Waals surface area contributed by atoms with Gasteiger partial charge in [0, 0.05) is 11.1 Å². The van der Waals surface area contributed by atoms with Gasteiger partial charge in [0.15, 0.2) is 5.78 Å². The number of aryl methyl sites for hydroxylation is 1. The molecule has 0 radical (unpaired) electrons. The molecule has 0 amide bonds. The van der Waals surface area contributed by atoms with Crippen molar-refractivity contribution in [3.63, 3.8) is 0 Å². The average Bonchev–Trinajstić information content (AvgIpc) is 2.69. The molecule has 0 unspecified atom stereocenters. The molecule has 0 fully saturated rings. The minimum Gasteiger partial charge on any atom is -0.496 e. The van der Waals surface area contributed by atoms with E-state index in [4.69, 9.17) is 9.47 Å². The Balaban J connectivity index is 2.07. The molecule has 0 bridgehead atoms. The van der Waals surface area contributed by atoms with E-state index in [1.165, 1.54) is 7.11 Å². The lowest BCUT2D eigenvalue weighted by Crippen LogP contribution is -2.08. The number of carbonyl (C=O) groups is 2. The SMILES string of the molecule is COC(=O)c1ccc2cc(C(=O)c3c(C)cc(OC)c(C)c3C)ccc2c1. The van der Waals surface area contributed by atoms with E-state index in [1.807, 2.05) is 45.0 Å². The van der Waals surface area contributed by atoms with Crippen LogP contribution in [-0.4, -0.2) is 26.0 Å². The normalized spacial score (nSPS) is 10.7. The fourth-order valence-corrected chi connectivity index (χ4v) is 3.38. The van der Waals surface area contributed by atoms with Gasteiger partial charge < -0.3 is 9.47 Å². The Morgan fingerprint density at radius 3 is 1.96 bits per heavy atom. The van der Waals surface area contributed by atoms with Gasteiger partial charge in [-0.25, -0.2) is 4.79 Å². The van der Waals surface area contributed by atoms with Crippen molar-refractivity contribution in [1.82, 2.24) is 0 Å². The number of fused-ring (bicyclic) bond motifs is 1. The van der Waals surface area contributed by atoms with Crippen molar-refractivity contribution in [2.24, 2.45) is 0 Å². The van der Waals surface area contributed by atoms with Crippen LogP contribution < -0.4 is 4.74 Å². The molecular formula is C23H22O4. The second-order valence-electron chi connectivity index (χ2n) is 6.62. The Labute approximate surface area is 158 Å². The first kappa shape index (κ1) is 18.6. The number of rotatable bonds is 4. The van der Waals surface area contributed by atoms with Gasteiger partial charge in [-0.3, -0.25) is 4.79 Å². The zero-order chi connectivity index (χ0) is 19.7. The van der Waals surface area contributed by atoms with Gasteiger partial charge in [0.05, 0.1) is 19.8 Å². The number of ether oxygens (including phenoxy) is 2. The van der Waals surface area contributed by atoms with Gasteiger partial charge in [0.25, 0.3) is 0 Å². The third-order valence-electron chi connectivity index (χ3n) is 5.02. The molecule has 138 valence electrons. The van der Waals surface area contributed by atoms with E-state index in [-0.39, 0.29) is 11.8 Å². The number of carbonyl (C=O) groups excluding carboxylic acids is 2. The number of hydrogen-bond donors (Lipinski definition) is 0. The third kappa shape index (κ3) is 3.31. The van der Waals surface area contributed by atoms with Crippen LogP contribution >= 0.6 is 0 Å². The minimum atomic E-state index is -0.378. The predicted octanol–water partition coefficient (Wildman–Crippen LogP) is 4.79. The second-order valence-corrected chi connectivity index (χ2v) is 6.62. The molecule has 3 aromatic rings. The summed E-state index contributed by atoms with van der Waals surface area (Å²) in [6.07, 6.45) is 0. The van der Waals surface area contributed by atoms with Crippen LogP contribution in [0.5, 0.6) is 5.75 Å². The molecule has 0 aliphatic heterocycles. The van der Waals surface area contributed by atoms with Crippen LogP contribution in [0.3, 0.4) is 0 Å². The van der Waals surface area contributed by atoms with E-state index in [9.17, 15) is 9.59 Å². The Bertz CT molecular complexity index is 1060. The van der Waals surface area contributed by atoms with Crippen molar-refractivity contribution in [3.8, 4) is 5.75 Å². The summed E-state index contributed by atoms with van der Waals surface area (Å²) in [6, 6.07) is 12.7. The van der Waals surface area contributed by atoms with E-state index in [1.54, 1.807) is 25.3 Å². The Morgan fingerprint density at radius 2 is 1.37 bits per heavy atom. The molecule has 27 heavy (non-hydrogen) atoms. The van der Waals surface area contributed by atoms with Crippen LogP contribution in [0, 0.1) is 20.8 Å². The Kier molecular flexibility index (Phi) is 5.00. The van der Waals surface area contributed by atoms with Crippen molar-refractivity contribution in [1.29, 1.82) is 0 Å². The summed E-state index contributed by atoms with van der Waals surface area (Å²) in [5.74, 6) is 0.391. The fourth-order valence-electron chi connectivity index (χ4n) is 3.38. The number of ketones is 1. The van der Waals surface area contributed by atoms with Gasteiger partial charge in [-0.1, -0.05) is 18.2 Å². The zero-order valence-electron chi connectivity index (χ0n) is 16.2. The number of benzene rings is 3. The number of methoxy groups -OCH3 is 2. The van der Waals surface area contributed by atoms with Crippen molar-refractivity contribution >= 4 is 22.5 Å². The topological polar surface area (TPSA) is 52.6 Å². The fraction of sp³-hybridized carbons (Fsp3) is 0.217. The molecule has 0 heterocycles. The molecule has 0 saturated heterocycles. The molecule has 0 atom stereocenters. The summed E-state index contributed by atoms with van der Waals surface area (Å²) >= 11 is 0. The molecule has 0 spiro atoms. The van der Waals surface area contributed by atoms with Crippen LogP contribution in [-0.2, 0) is 4.74 Å². The van der Waals surface area contributed by atoms with Gasteiger partial charge in [0.2, 0.25) is 0 Å². The first-order chi connectivity index (χ1) is 12.9. The van der Waals surface area contributed by atoms with E-state index < -0.39 is 0 Å². The van der Waals surface area contributed by atoms with Crippen molar-refractivity contribution in [2.45, 2.75) is 20.8 Å². The van der Waals surface area contributed by atoms with Gasteiger partial charge in [-0.15, -0.1) is 0 Å². The number of esters is 1. The summed E-state index contributed by atoms with van der Waals surface area (Å²) in [5.41, 5.74) is 4.60. The highest BCUT2D eigenvalue weighted by atomic mass is 16.5. The lowest BCUT2D eigenvalue weighted by atomic mass is 9.90. The Morgan fingerprint density at radius 1 is 0.778 bits per heavy atom. The first-order valence-corrected chi connectivity index (χ1v) is 8.69. The van der Waals surface area contributed by atoms with Crippen molar-refractivity contribution < 1.29 is 19.1 Å². The summed E-state index contributed by atoms with van der Waals surface area (Å²) in [5, 5.41) is 1.78. The van der Waals surface area contributed by atoms with Crippen molar-refractivity contribution in [2.75, 3.05) is 14.2 Å². The molecule has 0 aromatic heterocycles. The van der Waals surface area contributed by atoms with Gasteiger partial charge >= 0.3 is 5.97 Å². The maximum Gasteiger partial charge on any atom is 0.337 e. The van der Waals surface area contributed by atoms with E-state index in [0.29, 0.717) is 16.7 Å². The predicted molar refractivity (Wildman–Crippen MR) is 106 cm³/mol. The number of hydrogen-bond acceptors (Lipinski definition) is 4. The zero-order valence-corrected chi connectivity index (χ0v) is 16.2. The summed E-state index contributed by atoms with van der Waals surface area (Å²) in [7, 11) is 2.99. The smallest absolute Gasteiger partial charge is 0.337 e. The van der Waals surface area contributed by atoms with Gasteiger partial charge in [-0.2, -0.15) is 0 Å². The highest BCUT2D eigenvalue weighted by Gasteiger charge is 2.19. The molecule has 0 aliphatic rings. The lowest BCUT2D eigenvalue weighted by Gasteiger charge is -2.15. The summed E-state index contributed by atoms with van der Waals surface area (Å²) in [6.45, 7) is 5.83. The largest absolute Gasteiger partial charge is 0.496 e.